The number of rotatable bonds is 7. The van der Waals surface area contributed by atoms with Gasteiger partial charge in [0.25, 0.3) is 5.92 Å². The van der Waals surface area contributed by atoms with E-state index in [9.17, 15) is 19.3 Å². The van der Waals surface area contributed by atoms with Crippen molar-refractivity contribution in [3.63, 3.8) is 0 Å². The predicted molar refractivity (Wildman–Crippen MR) is 151 cm³/mol. The highest BCUT2D eigenvalue weighted by atomic mass is 32.1. The number of halogens is 2. The molecule has 41 heavy (non-hydrogen) atoms. The molecule has 5 aliphatic rings. The number of hydrogen-bond donors (Lipinski definition) is 2. The van der Waals surface area contributed by atoms with E-state index in [1.165, 1.54) is 16.2 Å². The molecule has 3 N–H and O–H groups in total. The van der Waals surface area contributed by atoms with Gasteiger partial charge in [0.05, 0.1) is 11.0 Å². The van der Waals surface area contributed by atoms with Crippen molar-refractivity contribution < 1.29 is 13.5 Å². The van der Waals surface area contributed by atoms with Crippen LogP contribution in [-0.2, 0) is 11.8 Å². The highest BCUT2D eigenvalue weighted by Crippen LogP contribution is 2.61. The molecule has 3 aliphatic heterocycles. The van der Waals surface area contributed by atoms with E-state index >= 15 is 0 Å². The first kappa shape index (κ1) is 26.6. The zero-order valence-electron chi connectivity index (χ0n) is 23.2. The topological polar surface area (TPSA) is 130 Å². The van der Waals surface area contributed by atoms with Crippen LogP contribution in [0.3, 0.4) is 0 Å². The Morgan fingerprint density at radius 2 is 1.73 bits per heavy atom. The van der Waals surface area contributed by atoms with Gasteiger partial charge in [-0.25, -0.2) is 8.78 Å². The van der Waals surface area contributed by atoms with Crippen LogP contribution >= 0.6 is 11.3 Å². The number of hydrogen-bond acceptors (Lipinski definition) is 11. The third-order valence-electron chi connectivity index (χ3n) is 9.55. The summed E-state index contributed by atoms with van der Waals surface area (Å²) in [7, 11) is 3.55. The lowest BCUT2D eigenvalue weighted by Crippen LogP contribution is -2.59. The third-order valence-corrected chi connectivity index (χ3v) is 10.6. The summed E-state index contributed by atoms with van der Waals surface area (Å²) < 4.78 is 34.9. The number of nitrogen functional groups attached to an aromatic ring is 1. The van der Waals surface area contributed by atoms with Crippen molar-refractivity contribution in [1.29, 1.82) is 10.5 Å². The van der Waals surface area contributed by atoms with E-state index < -0.39 is 11.3 Å². The molecule has 3 unspecified atom stereocenters. The summed E-state index contributed by atoms with van der Waals surface area (Å²) in [5.41, 5.74) is 6.65. The van der Waals surface area contributed by atoms with Crippen LogP contribution in [0.4, 0.5) is 25.4 Å². The Kier molecular flexibility index (Phi) is 5.92. The minimum absolute atomic E-state index is 0.0197. The van der Waals surface area contributed by atoms with Gasteiger partial charge < -0.3 is 30.5 Å². The van der Waals surface area contributed by atoms with Gasteiger partial charge in [-0.15, -0.1) is 11.3 Å². The van der Waals surface area contributed by atoms with E-state index in [0.29, 0.717) is 66.0 Å². The van der Waals surface area contributed by atoms with Gasteiger partial charge in [0.2, 0.25) is 0 Å². The van der Waals surface area contributed by atoms with Crippen molar-refractivity contribution in [2.45, 2.75) is 55.5 Å². The fourth-order valence-corrected chi connectivity index (χ4v) is 8.69. The van der Waals surface area contributed by atoms with Crippen LogP contribution in [0.15, 0.2) is 0 Å². The van der Waals surface area contributed by atoms with E-state index in [1.54, 1.807) is 19.0 Å². The van der Waals surface area contributed by atoms with Crippen LogP contribution in [0, 0.1) is 28.1 Å². The van der Waals surface area contributed by atoms with E-state index in [1.807, 2.05) is 4.90 Å². The first-order valence-corrected chi connectivity index (χ1v) is 14.9. The van der Waals surface area contributed by atoms with E-state index in [4.69, 9.17) is 10.5 Å². The molecule has 10 nitrogen and oxygen atoms in total. The molecule has 13 heteroatoms. The molecular formula is C28H33F2N9OS. The van der Waals surface area contributed by atoms with Crippen LogP contribution < -0.4 is 25.6 Å². The van der Waals surface area contributed by atoms with Gasteiger partial charge in [0.1, 0.15) is 29.3 Å². The molecule has 1 spiro atoms. The number of nitriles is 2. The third kappa shape index (κ3) is 4.12. The molecule has 0 radical (unpaired) electrons. The SMILES string of the molecule is CN(C)CC1(COc2nc(N3CC4CCC(C3)N4)c(C#N)c(N3CC4(CCc5sc(N)c(C#N)c54)C3)n2)CC1(F)F. The fourth-order valence-electron chi connectivity index (χ4n) is 7.55. The number of aryl methyl sites for hydroxylation is 1. The zero-order valence-corrected chi connectivity index (χ0v) is 24.0. The summed E-state index contributed by atoms with van der Waals surface area (Å²) in [6.07, 6.45) is 3.67. The number of anilines is 3. The molecule has 7 rings (SSSR count). The molecule has 0 amide bonds. The number of nitrogens with two attached hydrogens (primary N) is 1. The maximum absolute atomic E-state index is 14.5. The summed E-state index contributed by atoms with van der Waals surface area (Å²) in [5.74, 6) is -1.85. The molecule has 1 saturated carbocycles. The second-order valence-corrected chi connectivity index (χ2v) is 13.9. The monoisotopic (exact) mass is 581 g/mol. The maximum atomic E-state index is 14.5. The lowest BCUT2D eigenvalue weighted by atomic mass is 9.74. The number of nitrogens with one attached hydrogen (secondary N) is 1. The number of thiophene rings is 1. The smallest absolute Gasteiger partial charge is 0.320 e. The van der Waals surface area contributed by atoms with Crippen molar-refractivity contribution in [3.8, 4) is 18.1 Å². The first-order chi connectivity index (χ1) is 19.6. The maximum Gasteiger partial charge on any atom is 0.320 e. The van der Waals surface area contributed by atoms with Crippen molar-refractivity contribution >= 4 is 28.0 Å². The predicted octanol–water partition coefficient (Wildman–Crippen LogP) is 2.47. The average molecular weight is 582 g/mol. The van der Waals surface area contributed by atoms with Gasteiger partial charge in [0, 0.05) is 61.5 Å². The minimum atomic E-state index is -2.81. The number of fused-ring (bicyclic) bond motifs is 4. The molecule has 2 aliphatic carbocycles. The van der Waals surface area contributed by atoms with E-state index in [2.05, 4.69) is 32.3 Å². The summed E-state index contributed by atoms with van der Waals surface area (Å²) in [4.78, 5) is 16.4. The largest absolute Gasteiger partial charge is 0.462 e. The van der Waals surface area contributed by atoms with Crippen LogP contribution in [-0.4, -0.2) is 86.3 Å². The van der Waals surface area contributed by atoms with Crippen LogP contribution in [0.5, 0.6) is 6.01 Å². The molecule has 4 fully saturated rings. The van der Waals surface area contributed by atoms with Crippen molar-refractivity contribution in [1.82, 2.24) is 20.2 Å². The quantitative estimate of drug-likeness (QED) is 0.503. The van der Waals surface area contributed by atoms with Crippen molar-refractivity contribution in [2.75, 3.05) is 69.0 Å². The van der Waals surface area contributed by atoms with Gasteiger partial charge in [-0.3, -0.25) is 0 Å². The number of ether oxygens (including phenoxy) is 1. The summed E-state index contributed by atoms with van der Waals surface area (Å²) in [6, 6.07) is 5.30. The van der Waals surface area contributed by atoms with Gasteiger partial charge in [0.15, 0.2) is 11.6 Å². The molecule has 0 aromatic carbocycles. The van der Waals surface area contributed by atoms with Gasteiger partial charge in [-0.05, 0) is 45.3 Å². The minimum Gasteiger partial charge on any atom is -0.462 e. The number of nitrogens with zero attached hydrogens (tertiary/aromatic N) is 7. The normalized spacial score (nSPS) is 28.4. The Bertz CT molecular complexity index is 1480. The van der Waals surface area contributed by atoms with Crippen molar-refractivity contribution in [2.24, 2.45) is 5.41 Å². The summed E-state index contributed by atoms with van der Waals surface area (Å²) in [6.45, 7) is 2.57. The molecule has 2 bridgehead atoms. The molecule has 3 atom stereocenters. The van der Waals surface area contributed by atoms with Crippen molar-refractivity contribution in [3.05, 3.63) is 21.6 Å². The zero-order chi connectivity index (χ0) is 28.7. The first-order valence-electron chi connectivity index (χ1n) is 14.1. The molecule has 5 heterocycles. The van der Waals surface area contributed by atoms with Gasteiger partial charge >= 0.3 is 6.01 Å². The van der Waals surface area contributed by atoms with Gasteiger partial charge in [-0.1, -0.05) is 0 Å². The Morgan fingerprint density at radius 1 is 1.10 bits per heavy atom. The Balaban J connectivity index is 1.22. The molecule has 2 aromatic rings. The van der Waals surface area contributed by atoms with E-state index in [-0.39, 0.29) is 31.0 Å². The fraction of sp³-hybridized carbons (Fsp3) is 0.643. The summed E-state index contributed by atoms with van der Waals surface area (Å²) in [5, 5.41) is 24.3. The number of piperazine rings is 1. The second kappa shape index (κ2) is 9.12. The van der Waals surface area contributed by atoms with E-state index in [0.717, 1.165) is 31.2 Å². The van der Waals surface area contributed by atoms with Gasteiger partial charge in [-0.2, -0.15) is 20.5 Å². The van der Waals surface area contributed by atoms with Crippen LogP contribution in [0.25, 0.3) is 0 Å². The highest BCUT2D eigenvalue weighted by Gasteiger charge is 2.71. The number of aromatic nitrogens is 2. The molecule has 216 valence electrons. The second-order valence-electron chi connectivity index (χ2n) is 12.8. The van der Waals surface area contributed by atoms with Crippen LogP contribution in [0.2, 0.25) is 0 Å². The lowest BCUT2D eigenvalue weighted by molar-refractivity contribution is 0.0288. The highest BCUT2D eigenvalue weighted by molar-refractivity contribution is 7.16. The number of alkyl halides is 2. The lowest BCUT2D eigenvalue weighted by Gasteiger charge is -2.49. The molecular weight excluding hydrogens is 548 g/mol. The Hall–Kier alpha value is -3.26. The Labute approximate surface area is 241 Å². The molecule has 2 aromatic heterocycles. The summed E-state index contributed by atoms with van der Waals surface area (Å²) >= 11 is 1.49. The standard InChI is InChI=1S/C28H33F2N9OS/c1-37(2)14-27(11-28(27,29)30)15-40-25-35-23(38-9-16-3-4-17(10-38)34-16)19(8-32)24(36-25)39-12-26(13-39)6-5-20-21(26)18(7-31)22(33)41-20/h16-17,34H,3-6,9-15,33H2,1-2H3. The van der Waals surface area contributed by atoms with Crippen LogP contribution in [0.1, 0.15) is 47.3 Å². The average Bonchev–Trinajstić information content (AvgIpc) is 3.24. The Morgan fingerprint density at radius 3 is 2.32 bits per heavy atom. The molecule has 3 saturated heterocycles.